The van der Waals surface area contributed by atoms with Crippen LogP contribution >= 0.6 is 80.2 Å². The van der Waals surface area contributed by atoms with E-state index in [1.807, 2.05) is 0 Å². The number of rotatable bonds is 18. The molecule has 6 aromatic rings. The number of carbonyl (C=O) groups excluding carboxylic acids is 11. The van der Waals surface area contributed by atoms with Gasteiger partial charge in [-0.1, -0.05) is 38.5 Å². The van der Waals surface area contributed by atoms with Crippen molar-refractivity contribution in [3.63, 3.8) is 0 Å². The van der Waals surface area contributed by atoms with Crippen LogP contribution in [-0.4, -0.2) is 318 Å². The summed E-state index contributed by atoms with van der Waals surface area (Å²) in [6, 6.07) is -14.7. The Kier molecular flexibility index (Phi) is 33.5. The highest BCUT2D eigenvalue weighted by Crippen LogP contribution is 2.48. The molecular formula is C81H104N18O27S7. The average Bonchev–Trinajstić information content (AvgIpc) is 1.70. The molecule has 11 heterocycles. The zero-order valence-electron chi connectivity index (χ0n) is 72.8. The maximum atomic E-state index is 16.0. The van der Waals surface area contributed by atoms with E-state index in [4.69, 9.17) is 34.9 Å². The van der Waals surface area contributed by atoms with Gasteiger partial charge in [0, 0.05) is 44.0 Å². The average molecular weight is 1990 g/mol. The van der Waals surface area contributed by atoms with Gasteiger partial charge in [-0.15, -0.1) is 80.2 Å². The molecule has 6 aromatic heterocycles. The van der Waals surface area contributed by atoms with Crippen molar-refractivity contribution in [1.82, 2.24) is 83.1 Å². The van der Waals surface area contributed by atoms with Crippen LogP contribution in [0.25, 0.3) is 11.8 Å². The number of aliphatic imine (C=N–C) groups is 1. The number of fused-ring (bicyclic) bond motifs is 8. The molecule has 12 rings (SSSR count). The van der Waals surface area contributed by atoms with Crippen molar-refractivity contribution in [3.8, 4) is 0 Å². The molecule has 2 fully saturated rings. The summed E-state index contributed by atoms with van der Waals surface area (Å²) < 4.78 is 17.7. The third-order valence-corrected chi connectivity index (χ3v) is 30.6. The molecule has 1 aliphatic carbocycles. The molecule has 0 radical (unpaired) electrons. The molecule has 14 unspecified atom stereocenters. The SMILES string of the molecule is C/C=C1\NC(=O)[C@H]([C@@H](C)O)NC(=O)c2csc(n2)C23CCC(c4nc(C(=O)NC(CSC5OC(CO)C(O)C(O)C5O)C(N)=O)cs4)=N[C@@H]2c2csc(n2)[C@@H](NC(=O)c2csc(n2)[C@H]([C@](C)(O)[C@@H](C)O)NC(=O)c2csc1n2)[C@@H](C)OC(=O)c1cc([C@H](C)O)c2c(n1)[C@@H](O)C(C=C2)N[C@@H]([C@@H](C)CC)C(=O)N[C@@H](C)C(=O)NC(CSC1OC(CO)C(O)C(O)C1O)C(=O)N[C@@H](C)C(=O)N3. The van der Waals surface area contributed by atoms with Gasteiger partial charge in [-0.25, -0.2) is 34.7 Å². The van der Waals surface area contributed by atoms with Gasteiger partial charge in [0.15, 0.2) is 0 Å². The summed E-state index contributed by atoms with van der Waals surface area (Å²) in [4.78, 5) is 196. The quantitative estimate of drug-likeness (QED) is 0.0374. The molecule has 0 saturated carbocycles. The summed E-state index contributed by atoms with van der Waals surface area (Å²) in [5.41, 5.74) is -3.66. The van der Waals surface area contributed by atoms with E-state index in [0.717, 1.165) is 56.7 Å². The van der Waals surface area contributed by atoms with Crippen LogP contribution in [-0.2, 0) is 48.5 Å². The van der Waals surface area contributed by atoms with Gasteiger partial charge in [-0.3, -0.25) is 58.3 Å². The molecule has 10 amide bonds. The minimum Gasteiger partial charge on any atom is -0.455 e. The highest BCUT2D eigenvalue weighted by Gasteiger charge is 2.53. The number of nitrogens with two attached hydrogens (primary N) is 1. The van der Waals surface area contributed by atoms with Crippen molar-refractivity contribution in [3.05, 3.63) is 121 Å². The van der Waals surface area contributed by atoms with Crippen LogP contribution in [0, 0.1) is 5.92 Å². The molecule has 5 aliphatic heterocycles. The second kappa shape index (κ2) is 43.4. The first kappa shape index (κ1) is 103. The Labute approximate surface area is 787 Å². The smallest absolute Gasteiger partial charge is 0.357 e. The fourth-order valence-electron chi connectivity index (χ4n) is 15.0. The van der Waals surface area contributed by atoms with E-state index in [2.05, 4.69) is 73.1 Å². The summed E-state index contributed by atoms with van der Waals surface area (Å²) in [6.45, 7) is 12.2. The van der Waals surface area contributed by atoms with Crippen LogP contribution in [0.15, 0.2) is 50.1 Å². The second-order valence-corrected chi connectivity index (χ2v) is 39.5. The van der Waals surface area contributed by atoms with Crippen LogP contribution in [0.1, 0.15) is 219 Å². The molecule has 0 aromatic carbocycles. The van der Waals surface area contributed by atoms with E-state index in [-0.39, 0.29) is 76.8 Å². The number of aromatic nitrogens is 6. The summed E-state index contributed by atoms with van der Waals surface area (Å²) >= 11 is 5.34. The number of hydrogen-bond donors (Lipinski definition) is 24. The van der Waals surface area contributed by atoms with Gasteiger partial charge < -0.3 is 134 Å². The minimum atomic E-state index is -2.28. The Morgan fingerprint density at radius 2 is 1.28 bits per heavy atom. The van der Waals surface area contributed by atoms with Crippen LogP contribution in [0.2, 0.25) is 0 Å². The van der Waals surface area contributed by atoms with E-state index in [1.165, 1.54) is 107 Å². The fourth-order valence-corrected chi connectivity index (χ4v) is 22.1. The Bertz CT molecular complexity index is 5410. The Morgan fingerprint density at radius 1 is 0.669 bits per heavy atom. The second-order valence-electron chi connectivity index (χ2n) is 32.9. The molecule has 13 bridgehead atoms. The lowest BCUT2D eigenvalue weighted by Crippen LogP contribution is -2.61. The molecule has 52 heteroatoms. The van der Waals surface area contributed by atoms with Gasteiger partial charge >= 0.3 is 5.97 Å². The Morgan fingerprint density at radius 3 is 1.92 bits per heavy atom. The zero-order valence-corrected chi connectivity index (χ0v) is 78.5. The van der Waals surface area contributed by atoms with Gasteiger partial charge in [0.25, 0.3) is 23.6 Å². The molecule has 25 N–H and O–H groups in total. The van der Waals surface area contributed by atoms with Crippen LogP contribution in [0.4, 0.5) is 0 Å². The highest BCUT2D eigenvalue weighted by atomic mass is 32.2. The first-order valence-electron chi connectivity index (χ1n) is 42.0. The van der Waals surface area contributed by atoms with Crippen LogP contribution in [0.3, 0.4) is 0 Å². The van der Waals surface area contributed by atoms with E-state index >= 15 is 24.0 Å². The van der Waals surface area contributed by atoms with Crippen molar-refractivity contribution < 1.29 is 133 Å². The predicted octanol–water partition coefficient (Wildman–Crippen LogP) is -3.37. The summed E-state index contributed by atoms with van der Waals surface area (Å²) in [5, 5.41) is 176. The van der Waals surface area contributed by atoms with Gasteiger partial charge in [0.2, 0.25) is 35.4 Å². The number of nitrogens with one attached hydrogen (secondary N) is 10. The number of pyridine rings is 1. The summed E-state index contributed by atoms with van der Waals surface area (Å²) in [7, 11) is 0. The Balaban J connectivity index is 1.04. The third-order valence-electron chi connectivity index (χ3n) is 23.4. The van der Waals surface area contributed by atoms with Gasteiger partial charge in [0.1, 0.15) is 185 Å². The number of amides is 10. The van der Waals surface area contributed by atoms with Gasteiger partial charge in [0.05, 0.1) is 66.4 Å². The number of aliphatic hydroxyl groups excluding tert-OH is 12. The highest BCUT2D eigenvalue weighted by molar-refractivity contribution is 8.00. The van der Waals surface area contributed by atoms with E-state index in [0.29, 0.717) is 29.9 Å². The number of esters is 1. The van der Waals surface area contributed by atoms with E-state index in [9.17, 15) is 95.2 Å². The molecule has 133 heavy (non-hydrogen) atoms. The summed E-state index contributed by atoms with van der Waals surface area (Å²) in [6.07, 6.45) is -17.6. The van der Waals surface area contributed by atoms with Gasteiger partial charge in [-0.2, -0.15) is 0 Å². The van der Waals surface area contributed by atoms with Crippen molar-refractivity contribution in [2.75, 3.05) is 24.7 Å². The topological polar surface area (TPSA) is 714 Å². The van der Waals surface area contributed by atoms with Gasteiger partial charge in [-0.05, 0) is 85.8 Å². The molecular weight excluding hydrogens is 1880 g/mol. The number of hydrogen-bond acceptors (Lipinski definition) is 42. The van der Waals surface area contributed by atoms with Crippen molar-refractivity contribution in [1.29, 1.82) is 0 Å². The molecule has 28 atom stereocenters. The first-order valence-corrected chi connectivity index (χ1v) is 48.5. The lowest BCUT2D eigenvalue weighted by Gasteiger charge is -2.41. The number of cyclic esters (lactones) is 1. The number of carbonyl (C=O) groups is 11. The number of thiazole rings is 5. The number of aliphatic hydroxyl groups is 13. The standard InChI is InChI=1S/C81H104N18O27S7/c1-11-27(3)49-70(120)84-28(4)63(113)90-42(25-132-78-59(111)57(109)55(107)48(19-101)126-78)65(115)83-29(5)64(114)99-81-16-15-38(73-93-43(22-128-73)66(116)89-41(62(82)112)21-131-77-58(110)56(108)54(106)47(18-100)125-77)87-60(81)40-20-129-74(91-40)51(32(8)124-76(122)39-17-35(30(6)102)34-13-14-37(85-49)53(105)52(34)86-39)97-67(117)44-24-130-75(94-44)61(80(10,123)33(9)104)98-69(119)45-23-127-72(92-45)36(12-2)88-71(121)50(31(7)103)96-68(118)46-26-133-79(81)95-46/h12-14,17,20,22-24,26-33,37,41-42,47-51,53-61,77-78,85,100-111,123H,11,15-16,18-19,21,25H2,1-10H3,(H2,82,112)(H,83,115)(H,84,120)(H,88,121)(H,89,116)(H,90,113)(H,96,118)(H,97,117)(H,98,119)(H,99,114)/b36-12-/t27-,28-,29-,30-,31+,32+,33+,37?,41?,42?,47?,48?,49-,50-,51-,53-,54?,55?,56?,57?,58?,59?,60+,61+,77?,78?,80+,81?/m0/s1. The predicted molar refractivity (Wildman–Crippen MR) is 480 cm³/mol. The number of thioether (sulfide) groups is 2. The molecule has 722 valence electrons. The molecule has 6 aliphatic rings. The van der Waals surface area contributed by atoms with Crippen LogP contribution < -0.4 is 58.9 Å². The van der Waals surface area contributed by atoms with Crippen molar-refractivity contribution >= 4 is 163 Å². The lowest BCUT2D eigenvalue weighted by atomic mass is 9.80. The minimum absolute atomic E-state index is 0.00285. The normalized spacial score (nSPS) is 31.5. The lowest BCUT2D eigenvalue weighted by molar-refractivity contribution is -0.205. The largest absolute Gasteiger partial charge is 0.455 e. The first-order chi connectivity index (χ1) is 62.9. The molecule has 45 nitrogen and oxygen atoms in total. The molecule has 0 spiro atoms. The van der Waals surface area contributed by atoms with E-state index in [1.54, 1.807) is 13.8 Å². The number of primary amides is 1. The zero-order chi connectivity index (χ0) is 97.0. The fraction of sp³-hybridized carbons (Fsp3) is 0.556. The number of ether oxygens (including phenoxy) is 3. The van der Waals surface area contributed by atoms with Crippen LogP contribution in [0.5, 0.6) is 0 Å². The maximum Gasteiger partial charge on any atom is 0.357 e. The van der Waals surface area contributed by atoms with Crippen molar-refractivity contribution in [2.45, 2.75) is 250 Å². The van der Waals surface area contributed by atoms with Crippen molar-refractivity contribution in [2.24, 2.45) is 16.6 Å². The number of nitrogens with zero attached hydrogens (tertiary/aromatic N) is 7. The van der Waals surface area contributed by atoms with E-state index < -0.39 is 281 Å². The Hall–Kier alpha value is -9.32. The molecule has 2 saturated heterocycles. The third kappa shape index (κ3) is 22.5. The maximum absolute atomic E-state index is 16.0. The monoisotopic (exact) mass is 1980 g/mol. The summed E-state index contributed by atoms with van der Waals surface area (Å²) in [5.74, 6) is -13.0. The number of allylic oxidation sites excluding steroid dienone is 1.